The topological polar surface area (TPSA) is 78.4 Å². The summed E-state index contributed by atoms with van der Waals surface area (Å²) in [5, 5.41) is 14.3. The normalized spacial score (nSPS) is 13.2. The minimum Gasteiger partial charge on any atom is -0.480 e. The van der Waals surface area contributed by atoms with Crippen LogP contribution in [0.15, 0.2) is 0 Å². The number of hydrogen-bond donors (Lipinski definition) is 3. The third kappa shape index (κ3) is 5.72. The summed E-state index contributed by atoms with van der Waals surface area (Å²) in [4.78, 5) is 22.8. The van der Waals surface area contributed by atoms with Crippen LogP contribution < -0.4 is 10.6 Å². The molecule has 0 saturated heterocycles. The van der Waals surface area contributed by atoms with Gasteiger partial charge in [0.25, 0.3) is 0 Å². The third-order valence-electron chi connectivity index (χ3n) is 3.51. The fraction of sp³-hybridized carbons (Fsp3) is 0.846. The standard InChI is InChI=1S/C13H26N2O3S/c1-6-13(7-2,19-5)8-14-12(18)15-10(9(3)4)11(16)17/h9-10H,6-8H2,1-5H3,(H,16,17)(H2,14,15,18)/t10-/m0/s1. The van der Waals surface area contributed by atoms with Crippen LogP contribution in [-0.4, -0.2) is 40.7 Å². The molecule has 0 aliphatic heterocycles. The number of nitrogens with one attached hydrogen (secondary N) is 2. The second-order valence-corrected chi connectivity index (χ2v) is 6.26. The van der Waals surface area contributed by atoms with Crippen molar-refractivity contribution in [2.45, 2.75) is 51.3 Å². The lowest BCUT2D eigenvalue weighted by Gasteiger charge is -2.30. The molecule has 0 heterocycles. The molecule has 19 heavy (non-hydrogen) atoms. The van der Waals surface area contributed by atoms with Crippen LogP contribution in [0, 0.1) is 5.92 Å². The molecule has 0 saturated carbocycles. The molecule has 0 aliphatic rings. The minimum atomic E-state index is -1.01. The number of thioether (sulfide) groups is 1. The first-order valence-corrected chi connectivity index (χ1v) is 7.86. The molecule has 0 radical (unpaired) electrons. The second kappa shape index (κ2) is 8.30. The number of carboxylic acid groups (broad SMARTS) is 1. The highest BCUT2D eigenvalue weighted by atomic mass is 32.2. The zero-order valence-electron chi connectivity index (χ0n) is 12.4. The lowest BCUT2D eigenvalue weighted by atomic mass is 10.0. The Morgan fingerprint density at radius 3 is 2.11 bits per heavy atom. The summed E-state index contributed by atoms with van der Waals surface area (Å²) >= 11 is 1.73. The van der Waals surface area contributed by atoms with Crippen LogP contribution in [0.2, 0.25) is 0 Å². The summed E-state index contributed by atoms with van der Waals surface area (Å²) in [6.45, 7) is 8.26. The largest absolute Gasteiger partial charge is 0.480 e. The van der Waals surface area contributed by atoms with E-state index in [2.05, 4.69) is 24.5 Å². The second-order valence-electron chi connectivity index (χ2n) is 4.98. The Labute approximate surface area is 119 Å². The van der Waals surface area contributed by atoms with Crippen molar-refractivity contribution in [2.75, 3.05) is 12.8 Å². The maximum absolute atomic E-state index is 11.8. The zero-order valence-corrected chi connectivity index (χ0v) is 13.3. The van der Waals surface area contributed by atoms with E-state index in [0.29, 0.717) is 6.54 Å². The molecule has 0 aromatic rings. The number of carbonyl (C=O) groups excluding carboxylic acids is 1. The number of aliphatic carboxylic acids is 1. The Morgan fingerprint density at radius 2 is 1.79 bits per heavy atom. The fourth-order valence-corrected chi connectivity index (χ4v) is 2.60. The summed E-state index contributed by atoms with van der Waals surface area (Å²) in [6, 6.07) is -1.27. The lowest BCUT2D eigenvalue weighted by Crippen LogP contribution is -2.51. The number of amides is 2. The Hall–Kier alpha value is -0.910. The highest BCUT2D eigenvalue weighted by Gasteiger charge is 2.27. The predicted octanol–water partition coefficient (Wildman–Crippen LogP) is 2.32. The van der Waals surface area contributed by atoms with Gasteiger partial charge in [0, 0.05) is 11.3 Å². The van der Waals surface area contributed by atoms with Crippen molar-refractivity contribution in [3.63, 3.8) is 0 Å². The van der Waals surface area contributed by atoms with Crippen molar-refractivity contribution in [1.82, 2.24) is 10.6 Å². The highest BCUT2D eigenvalue weighted by Crippen LogP contribution is 2.29. The van der Waals surface area contributed by atoms with Gasteiger partial charge in [-0.2, -0.15) is 11.8 Å². The molecule has 0 rings (SSSR count). The van der Waals surface area contributed by atoms with Gasteiger partial charge in [0.15, 0.2) is 0 Å². The van der Waals surface area contributed by atoms with Crippen LogP contribution in [-0.2, 0) is 4.79 Å². The Balaban J connectivity index is 4.42. The average molecular weight is 290 g/mol. The van der Waals surface area contributed by atoms with Gasteiger partial charge in [-0.3, -0.25) is 0 Å². The highest BCUT2D eigenvalue weighted by molar-refractivity contribution is 8.00. The van der Waals surface area contributed by atoms with Crippen LogP contribution in [0.1, 0.15) is 40.5 Å². The van der Waals surface area contributed by atoms with Gasteiger partial charge in [0.2, 0.25) is 0 Å². The van der Waals surface area contributed by atoms with Crippen molar-refractivity contribution in [3.8, 4) is 0 Å². The van der Waals surface area contributed by atoms with E-state index in [9.17, 15) is 9.59 Å². The molecule has 0 aromatic carbocycles. The van der Waals surface area contributed by atoms with Crippen LogP contribution in [0.25, 0.3) is 0 Å². The molecule has 2 amide bonds. The van der Waals surface area contributed by atoms with Crippen LogP contribution in [0.3, 0.4) is 0 Å². The number of carboxylic acids is 1. The first-order chi connectivity index (χ1) is 8.81. The van der Waals surface area contributed by atoms with E-state index in [1.165, 1.54) is 0 Å². The maximum atomic E-state index is 11.8. The van der Waals surface area contributed by atoms with E-state index in [1.54, 1.807) is 25.6 Å². The summed E-state index contributed by atoms with van der Waals surface area (Å²) in [5.74, 6) is -1.15. The van der Waals surface area contributed by atoms with E-state index in [0.717, 1.165) is 12.8 Å². The molecule has 0 bridgehead atoms. The van der Waals surface area contributed by atoms with Gasteiger partial charge in [-0.1, -0.05) is 27.7 Å². The molecule has 5 nitrogen and oxygen atoms in total. The van der Waals surface area contributed by atoms with Gasteiger partial charge >= 0.3 is 12.0 Å². The van der Waals surface area contributed by atoms with Crippen molar-refractivity contribution >= 4 is 23.8 Å². The minimum absolute atomic E-state index is 0.0217. The monoisotopic (exact) mass is 290 g/mol. The summed E-state index contributed by atoms with van der Waals surface area (Å²) in [5.41, 5.74) is 0. The van der Waals surface area contributed by atoms with Crippen LogP contribution >= 0.6 is 11.8 Å². The molecule has 3 N–H and O–H groups in total. The average Bonchev–Trinajstić information content (AvgIpc) is 2.37. The van der Waals surface area contributed by atoms with Gasteiger partial charge in [0.1, 0.15) is 6.04 Å². The Kier molecular flexibility index (Phi) is 7.90. The maximum Gasteiger partial charge on any atom is 0.326 e. The summed E-state index contributed by atoms with van der Waals surface area (Å²) in [7, 11) is 0. The third-order valence-corrected chi connectivity index (χ3v) is 5.10. The molecule has 0 unspecified atom stereocenters. The molecular weight excluding hydrogens is 264 g/mol. The molecule has 6 heteroatoms. The molecular formula is C13H26N2O3S. The van der Waals surface area contributed by atoms with Crippen molar-refractivity contribution in [2.24, 2.45) is 5.92 Å². The van der Waals surface area contributed by atoms with Crippen LogP contribution in [0.4, 0.5) is 4.79 Å². The van der Waals surface area contributed by atoms with Gasteiger partial charge in [0.05, 0.1) is 0 Å². The molecule has 0 fully saturated rings. The predicted molar refractivity (Wildman–Crippen MR) is 79.6 cm³/mol. The van der Waals surface area contributed by atoms with E-state index in [4.69, 9.17) is 5.11 Å². The number of urea groups is 1. The molecule has 0 aromatic heterocycles. The fourth-order valence-electron chi connectivity index (χ4n) is 1.81. The summed E-state index contributed by atoms with van der Waals surface area (Å²) < 4.78 is 0.0217. The first kappa shape index (κ1) is 18.1. The van der Waals surface area contributed by atoms with E-state index in [1.807, 2.05) is 6.26 Å². The van der Waals surface area contributed by atoms with E-state index < -0.39 is 18.0 Å². The molecule has 112 valence electrons. The zero-order chi connectivity index (χ0) is 15.1. The van der Waals surface area contributed by atoms with Crippen molar-refractivity contribution in [1.29, 1.82) is 0 Å². The van der Waals surface area contributed by atoms with Gasteiger partial charge in [-0.15, -0.1) is 0 Å². The summed E-state index contributed by atoms with van der Waals surface area (Å²) in [6.07, 6.45) is 3.94. The van der Waals surface area contributed by atoms with Gasteiger partial charge in [-0.05, 0) is 25.0 Å². The molecule has 0 aliphatic carbocycles. The molecule has 0 spiro atoms. The van der Waals surface area contributed by atoms with Crippen LogP contribution in [0.5, 0.6) is 0 Å². The number of rotatable bonds is 8. The number of hydrogen-bond acceptors (Lipinski definition) is 3. The van der Waals surface area contributed by atoms with Crippen molar-refractivity contribution in [3.05, 3.63) is 0 Å². The van der Waals surface area contributed by atoms with E-state index in [-0.39, 0.29) is 10.7 Å². The Bertz CT molecular complexity index is 296. The Morgan fingerprint density at radius 1 is 1.26 bits per heavy atom. The van der Waals surface area contributed by atoms with Crippen molar-refractivity contribution < 1.29 is 14.7 Å². The molecule has 1 atom stereocenters. The van der Waals surface area contributed by atoms with E-state index >= 15 is 0 Å². The quantitative estimate of drug-likeness (QED) is 0.641. The van der Waals surface area contributed by atoms with Gasteiger partial charge in [-0.25, -0.2) is 9.59 Å². The lowest BCUT2D eigenvalue weighted by molar-refractivity contribution is -0.140. The number of carbonyl (C=O) groups is 2. The smallest absolute Gasteiger partial charge is 0.326 e. The SMILES string of the molecule is CCC(CC)(CNC(=O)N[C@H](C(=O)O)C(C)C)SC. The first-order valence-electron chi connectivity index (χ1n) is 6.64. The van der Waals surface area contributed by atoms with Gasteiger partial charge < -0.3 is 15.7 Å².